The first-order valence-corrected chi connectivity index (χ1v) is 4.90. The Balaban J connectivity index is 2.15. The lowest BCUT2D eigenvalue weighted by molar-refractivity contribution is -0.158. The van der Waals surface area contributed by atoms with E-state index < -0.39 is 12.1 Å². The zero-order chi connectivity index (χ0) is 10.4. The molecule has 0 bridgehead atoms. The van der Waals surface area contributed by atoms with Gasteiger partial charge in [0.25, 0.3) is 0 Å². The molecule has 0 saturated carbocycles. The number of esters is 1. The zero-order valence-corrected chi connectivity index (χ0v) is 8.15. The molecule has 3 N–H and O–H groups in total. The van der Waals surface area contributed by atoms with Crippen LogP contribution in [0.3, 0.4) is 0 Å². The van der Waals surface area contributed by atoms with Crippen LogP contribution >= 0.6 is 0 Å². The van der Waals surface area contributed by atoms with Gasteiger partial charge >= 0.3 is 5.97 Å². The molecule has 5 nitrogen and oxygen atoms in total. The van der Waals surface area contributed by atoms with Gasteiger partial charge in [-0.2, -0.15) is 0 Å². The van der Waals surface area contributed by atoms with Crippen molar-refractivity contribution >= 4 is 5.97 Å². The van der Waals surface area contributed by atoms with E-state index in [1.54, 1.807) is 0 Å². The third kappa shape index (κ3) is 3.61. The van der Waals surface area contributed by atoms with Crippen LogP contribution in [-0.4, -0.2) is 43.0 Å². The zero-order valence-electron chi connectivity index (χ0n) is 8.15. The first-order valence-electron chi connectivity index (χ1n) is 4.90. The van der Waals surface area contributed by atoms with Gasteiger partial charge in [-0.3, -0.25) is 0 Å². The SMILES string of the molecule is NC[C@H](O)C(=O)OCC1CCCCO1. The highest BCUT2D eigenvalue weighted by Gasteiger charge is 2.19. The van der Waals surface area contributed by atoms with E-state index in [2.05, 4.69) is 0 Å². The summed E-state index contributed by atoms with van der Waals surface area (Å²) in [5.74, 6) is -0.665. The van der Waals surface area contributed by atoms with Crippen LogP contribution in [-0.2, 0) is 14.3 Å². The Morgan fingerprint density at radius 1 is 1.64 bits per heavy atom. The van der Waals surface area contributed by atoms with Crippen LogP contribution in [0, 0.1) is 0 Å². The molecule has 1 aliphatic rings. The third-order valence-corrected chi connectivity index (χ3v) is 2.18. The summed E-state index contributed by atoms with van der Waals surface area (Å²) < 4.78 is 10.2. The van der Waals surface area contributed by atoms with Gasteiger partial charge in [0.2, 0.25) is 0 Å². The number of rotatable bonds is 4. The Kier molecular flexibility index (Phi) is 4.86. The van der Waals surface area contributed by atoms with Crippen LogP contribution < -0.4 is 5.73 Å². The molecule has 0 aromatic carbocycles. The molecule has 0 aliphatic carbocycles. The van der Waals surface area contributed by atoms with Gasteiger partial charge in [0, 0.05) is 13.2 Å². The smallest absolute Gasteiger partial charge is 0.336 e. The van der Waals surface area contributed by atoms with Gasteiger partial charge in [0.1, 0.15) is 6.61 Å². The highest BCUT2D eigenvalue weighted by Crippen LogP contribution is 2.12. The fourth-order valence-electron chi connectivity index (χ4n) is 1.31. The Morgan fingerprint density at radius 2 is 2.43 bits per heavy atom. The first kappa shape index (κ1) is 11.4. The molecular formula is C9H17NO4. The quantitative estimate of drug-likeness (QED) is 0.597. The topological polar surface area (TPSA) is 81.8 Å². The number of carbonyl (C=O) groups excluding carboxylic acids is 1. The summed E-state index contributed by atoms with van der Waals surface area (Å²) in [7, 11) is 0. The fourth-order valence-corrected chi connectivity index (χ4v) is 1.31. The molecule has 1 saturated heterocycles. The Hall–Kier alpha value is -0.650. The highest BCUT2D eigenvalue weighted by atomic mass is 16.6. The Labute approximate surface area is 83.2 Å². The average molecular weight is 203 g/mol. The maximum atomic E-state index is 11.0. The summed E-state index contributed by atoms with van der Waals surface area (Å²) in [6.07, 6.45) is 1.85. The molecule has 82 valence electrons. The van der Waals surface area contributed by atoms with E-state index >= 15 is 0 Å². The van der Waals surface area contributed by atoms with E-state index in [0.29, 0.717) is 0 Å². The van der Waals surface area contributed by atoms with Gasteiger partial charge in [-0.15, -0.1) is 0 Å². The maximum Gasteiger partial charge on any atom is 0.336 e. The Morgan fingerprint density at radius 3 is 3.00 bits per heavy atom. The van der Waals surface area contributed by atoms with Gasteiger partial charge in [0.05, 0.1) is 6.10 Å². The Bertz CT molecular complexity index is 180. The molecule has 1 aliphatic heterocycles. The minimum Gasteiger partial charge on any atom is -0.461 e. The van der Waals surface area contributed by atoms with Crippen molar-refractivity contribution in [2.24, 2.45) is 5.73 Å². The summed E-state index contributed by atoms with van der Waals surface area (Å²) in [6.45, 7) is 0.835. The maximum absolute atomic E-state index is 11.0. The van der Waals surface area contributed by atoms with Gasteiger partial charge in [-0.25, -0.2) is 4.79 Å². The third-order valence-electron chi connectivity index (χ3n) is 2.18. The van der Waals surface area contributed by atoms with E-state index in [1.165, 1.54) is 0 Å². The van der Waals surface area contributed by atoms with Crippen LogP contribution in [0.1, 0.15) is 19.3 Å². The number of ether oxygens (including phenoxy) is 2. The molecule has 0 amide bonds. The number of hydrogen-bond donors (Lipinski definition) is 2. The number of nitrogens with two attached hydrogens (primary N) is 1. The predicted molar refractivity (Wildman–Crippen MR) is 49.6 cm³/mol. The molecule has 1 fully saturated rings. The number of hydrogen-bond acceptors (Lipinski definition) is 5. The highest BCUT2D eigenvalue weighted by molar-refractivity contribution is 5.74. The molecule has 5 heteroatoms. The van der Waals surface area contributed by atoms with Crippen molar-refractivity contribution in [2.75, 3.05) is 19.8 Å². The van der Waals surface area contributed by atoms with Crippen molar-refractivity contribution in [1.82, 2.24) is 0 Å². The van der Waals surface area contributed by atoms with Crippen molar-refractivity contribution in [3.63, 3.8) is 0 Å². The molecule has 1 heterocycles. The average Bonchev–Trinajstić information content (AvgIpc) is 2.26. The number of aliphatic hydroxyl groups is 1. The van der Waals surface area contributed by atoms with E-state index in [0.717, 1.165) is 25.9 Å². The summed E-state index contributed by atoms with van der Waals surface area (Å²) in [5, 5.41) is 9.02. The van der Waals surface area contributed by atoms with Gasteiger partial charge in [-0.1, -0.05) is 0 Å². The van der Waals surface area contributed by atoms with Crippen molar-refractivity contribution in [3.8, 4) is 0 Å². The van der Waals surface area contributed by atoms with Crippen LogP contribution in [0.5, 0.6) is 0 Å². The molecule has 0 aromatic heterocycles. The number of carbonyl (C=O) groups is 1. The summed E-state index contributed by atoms with van der Waals surface area (Å²) in [4.78, 5) is 11.0. The summed E-state index contributed by atoms with van der Waals surface area (Å²) in [6, 6.07) is 0. The van der Waals surface area contributed by atoms with E-state index in [4.69, 9.17) is 20.3 Å². The molecule has 0 spiro atoms. The standard InChI is InChI=1S/C9H17NO4/c10-5-8(11)9(12)14-6-7-3-1-2-4-13-7/h7-8,11H,1-6,10H2/t7?,8-/m0/s1. The summed E-state index contributed by atoms with van der Waals surface area (Å²) >= 11 is 0. The molecule has 1 rings (SSSR count). The van der Waals surface area contributed by atoms with Crippen LogP contribution in [0.2, 0.25) is 0 Å². The lowest BCUT2D eigenvalue weighted by Gasteiger charge is -2.22. The van der Waals surface area contributed by atoms with Crippen molar-refractivity contribution < 1.29 is 19.4 Å². The lowest BCUT2D eigenvalue weighted by Crippen LogP contribution is -2.34. The predicted octanol–water partition coefficient (Wildman–Crippen LogP) is -0.582. The molecular weight excluding hydrogens is 186 g/mol. The van der Waals surface area contributed by atoms with Crippen molar-refractivity contribution in [3.05, 3.63) is 0 Å². The van der Waals surface area contributed by atoms with Gasteiger partial charge in [-0.05, 0) is 19.3 Å². The molecule has 2 atom stereocenters. The molecule has 0 aromatic rings. The van der Waals surface area contributed by atoms with E-state index in [9.17, 15) is 4.79 Å². The second kappa shape index (κ2) is 5.95. The first-order chi connectivity index (χ1) is 6.74. The van der Waals surface area contributed by atoms with Crippen molar-refractivity contribution in [1.29, 1.82) is 0 Å². The minimum absolute atomic E-state index is 0.0160. The minimum atomic E-state index is -1.21. The molecule has 14 heavy (non-hydrogen) atoms. The van der Waals surface area contributed by atoms with Gasteiger partial charge < -0.3 is 20.3 Å². The van der Waals surface area contributed by atoms with Crippen LogP contribution in [0.15, 0.2) is 0 Å². The normalized spacial score (nSPS) is 24.3. The van der Waals surface area contributed by atoms with Crippen molar-refractivity contribution in [2.45, 2.75) is 31.5 Å². The lowest BCUT2D eigenvalue weighted by atomic mass is 10.1. The monoisotopic (exact) mass is 203 g/mol. The second-order valence-electron chi connectivity index (χ2n) is 3.37. The molecule has 1 unspecified atom stereocenters. The fraction of sp³-hybridized carbons (Fsp3) is 0.889. The van der Waals surface area contributed by atoms with Crippen LogP contribution in [0.25, 0.3) is 0 Å². The van der Waals surface area contributed by atoms with E-state index in [1.807, 2.05) is 0 Å². The largest absolute Gasteiger partial charge is 0.461 e. The van der Waals surface area contributed by atoms with E-state index in [-0.39, 0.29) is 19.3 Å². The van der Waals surface area contributed by atoms with Gasteiger partial charge in [0.15, 0.2) is 6.10 Å². The number of aliphatic hydroxyl groups excluding tert-OH is 1. The van der Waals surface area contributed by atoms with Crippen LogP contribution in [0.4, 0.5) is 0 Å². The molecule has 0 radical (unpaired) electrons. The summed E-state index contributed by atoms with van der Waals surface area (Å²) in [5.41, 5.74) is 5.10. The second-order valence-corrected chi connectivity index (χ2v) is 3.37.